The van der Waals surface area contributed by atoms with Gasteiger partial charge in [-0.25, -0.2) is 9.78 Å². The third kappa shape index (κ3) is 2.09. The van der Waals surface area contributed by atoms with E-state index < -0.39 is 0 Å². The number of likely N-dealkylation sites (N-methyl/N-ethyl adjacent to an activating group) is 1. The lowest BCUT2D eigenvalue weighted by atomic mass is 9.44. The maximum absolute atomic E-state index is 13.2. The van der Waals surface area contributed by atoms with Gasteiger partial charge in [-0.15, -0.1) is 0 Å². The Labute approximate surface area is 193 Å². The molecule has 0 N–H and O–H groups in total. The van der Waals surface area contributed by atoms with Crippen LogP contribution in [0, 0.1) is 12.3 Å². The Morgan fingerprint density at radius 3 is 2.88 bits per heavy atom. The summed E-state index contributed by atoms with van der Waals surface area (Å²) in [6, 6.07) is 12.8. The molecule has 0 radical (unpaired) electrons. The van der Waals surface area contributed by atoms with Crippen LogP contribution in [0.25, 0.3) is 10.9 Å². The number of ether oxygens (including phenoxy) is 2. The average Bonchev–Trinajstić information content (AvgIpc) is 3.17. The summed E-state index contributed by atoms with van der Waals surface area (Å²) in [5.41, 5.74) is 7.25. The number of carbonyl (C=O) groups is 1. The highest BCUT2D eigenvalue weighted by molar-refractivity contribution is 6.05. The van der Waals surface area contributed by atoms with E-state index in [0.717, 1.165) is 53.7 Å². The highest BCUT2D eigenvalue weighted by Crippen LogP contribution is 2.71. The summed E-state index contributed by atoms with van der Waals surface area (Å²) in [7, 11) is 3.72. The number of likely N-dealkylation sites (tertiary alicyclic amines) is 1. The first kappa shape index (κ1) is 19.5. The quantitative estimate of drug-likeness (QED) is 0.521. The van der Waals surface area contributed by atoms with Crippen LogP contribution in [0.3, 0.4) is 0 Å². The number of para-hydroxylation sites is 1. The molecule has 33 heavy (non-hydrogen) atoms. The van der Waals surface area contributed by atoms with E-state index in [9.17, 15) is 4.79 Å². The molecule has 4 atom stereocenters. The van der Waals surface area contributed by atoms with E-state index in [1.165, 1.54) is 23.8 Å². The van der Waals surface area contributed by atoms with Crippen LogP contribution in [0.2, 0.25) is 0 Å². The van der Waals surface area contributed by atoms with E-state index in [0.29, 0.717) is 11.6 Å². The van der Waals surface area contributed by atoms with Crippen LogP contribution in [-0.2, 0) is 23.0 Å². The van der Waals surface area contributed by atoms with Crippen molar-refractivity contribution in [2.45, 2.75) is 50.7 Å². The summed E-state index contributed by atoms with van der Waals surface area (Å²) >= 11 is 0. The molecular formula is C28H28N2O3. The van der Waals surface area contributed by atoms with E-state index in [-0.39, 0.29) is 22.9 Å². The van der Waals surface area contributed by atoms with E-state index in [1.807, 2.05) is 24.3 Å². The first-order valence-corrected chi connectivity index (χ1v) is 11.9. The Morgan fingerprint density at radius 1 is 1.24 bits per heavy atom. The number of pyridine rings is 1. The fraction of sp³-hybridized carbons (Fsp3) is 0.429. The standard InChI is InChI=1S/C28H28N2O3/c1-15-9-10-16-13-20-27(2)14-18-21(26(31)32-4)17-7-5-6-8-19(17)29-23(18)25-28(27,11-12-30(20)3)22(16)24(15)33-25/h5-10,20,25H,11-14H2,1-4H3/t20-,25?,27+,28+/m1/s1. The number of hydrogen-bond acceptors (Lipinski definition) is 5. The van der Waals surface area contributed by atoms with Crippen molar-refractivity contribution in [2.24, 2.45) is 5.41 Å². The number of carbonyl (C=O) groups excluding carboxylic acids is 1. The van der Waals surface area contributed by atoms with Crippen LogP contribution in [0.15, 0.2) is 36.4 Å². The summed E-state index contributed by atoms with van der Waals surface area (Å²) in [6.07, 6.45) is 2.65. The maximum Gasteiger partial charge on any atom is 0.338 e. The second-order valence-electron chi connectivity index (χ2n) is 10.6. The first-order valence-electron chi connectivity index (χ1n) is 11.9. The van der Waals surface area contributed by atoms with Crippen LogP contribution >= 0.6 is 0 Å². The molecule has 0 amide bonds. The monoisotopic (exact) mass is 440 g/mol. The lowest BCUT2D eigenvalue weighted by Gasteiger charge is -2.64. The molecule has 2 aliphatic carbocycles. The Morgan fingerprint density at radius 2 is 2.06 bits per heavy atom. The van der Waals surface area contributed by atoms with Gasteiger partial charge in [-0.2, -0.15) is 0 Å². The fourth-order valence-electron chi connectivity index (χ4n) is 7.83. The molecule has 5 nitrogen and oxygen atoms in total. The van der Waals surface area contributed by atoms with E-state index in [2.05, 4.69) is 37.9 Å². The van der Waals surface area contributed by atoms with Crippen molar-refractivity contribution in [3.05, 3.63) is 69.9 Å². The molecular weight excluding hydrogens is 412 g/mol. The van der Waals surface area contributed by atoms with Crippen molar-refractivity contribution in [3.8, 4) is 5.75 Å². The molecule has 2 bridgehead atoms. The number of benzene rings is 2. The molecule has 5 heteroatoms. The molecule has 1 unspecified atom stereocenters. The van der Waals surface area contributed by atoms with Crippen LogP contribution in [0.4, 0.5) is 0 Å². The van der Waals surface area contributed by atoms with Gasteiger partial charge in [0.05, 0.1) is 29.3 Å². The van der Waals surface area contributed by atoms with Crippen LogP contribution in [0.1, 0.15) is 57.8 Å². The summed E-state index contributed by atoms with van der Waals surface area (Å²) < 4.78 is 12.2. The van der Waals surface area contributed by atoms with Crippen molar-refractivity contribution in [1.82, 2.24) is 9.88 Å². The second-order valence-corrected chi connectivity index (χ2v) is 10.6. The number of esters is 1. The third-order valence-corrected chi connectivity index (χ3v) is 9.34. The predicted molar refractivity (Wildman–Crippen MR) is 126 cm³/mol. The highest BCUT2D eigenvalue weighted by atomic mass is 16.5. The van der Waals surface area contributed by atoms with Crippen molar-refractivity contribution in [2.75, 3.05) is 20.7 Å². The van der Waals surface area contributed by atoms with Gasteiger partial charge in [0.2, 0.25) is 0 Å². The van der Waals surface area contributed by atoms with Crippen LogP contribution in [-0.4, -0.2) is 42.6 Å². The molecule has 3 aromatic rings. The molecule has 7 rings (SSSR count). The molecule has 168 valence electrons. The molecule has 4 aliphatic rings. The molecule has 2 aromatic carbocycles. The number of rotatable bonds is 1. The van der Waals surface area contributed by atoms with E-state index in [4.69, 9.17) is 14.5 Å². The summed E-state index contributed by atoms with van der Waals surface area (Å²) in [5.74, 6) is 0.764. The number of aryl methyl sites for hydroxylation is 1. The van der Waals surface area contributed by atoms with Crippen LogP contribution < -0.4 is 4.74 Å². The molecule has 2 aliphatic heterocycles. The first-order chi connectivity index (χ1) is 15.9. The average molecular weight is 441 g/mol. The van der Waals surface area contributed by atoms with Crippen molar-refractivity contribution in [3.63, 3.8) is 0 Å². The molecule has 1 spiro atoms. The minimum absolute atomic E-state index is 0.0728. The molecule has 1 saturated heterocycles. The number of aromatic nitrogens is 1. The third-order valence-electron chi connectivity index (χ3n) is 9.34. The Bertz CT molecular complexity index is 1380. The predicted octanol–water partition coefficient (Wildman–Crippen LogP) is 4.52. The topological polar surface area (TPSA) is 51.7 Å². The minimum atomic E-state index is -0.286. The van der Waals surface area contributed by atoms with E-state index in [1.54, 1.807) is 0 Å². The smallest absolute Gasteiger partial charge is 0.338 e. The van der Waals surface area contributed by atoms with E-state index >= 15 is 0 Å². The van der Waals surface area contributed by atoms with Crippen LogP contribution in [0.5, 0.6) is 5.75 Å². The molecule has 1 aromatic heterocycles. The SMILES string of the molecule is COC(=O)c1c2c(nc3ccccc13)C1Oc3c(C)ccc4c3[C@@]13CCN(C)[C@H](C4)[C@]3(C)C2. The summed E-state index contributed by atoms with van der Waals surface area (Å²) in [5, 5.41) is 0.865. The molecule has 0 saturated carbocycles. The van der Waals surface area contributed by atoms with Crippen molar-refractivity contribution < 1.29 is 14.3 Å². The number of piperidine rings is 1. The number of nitrogens with zero attached hydrogens (tertiary/aromatic N) is 2. The molecule has 1 fully saturated rings. The zero-order valence-electron chi connectivity index (χ0n) is 19.6. The minimum Gasteiger partial charge on any atom is -0.483 e. The Hall–Kier alpha value is -2.92. The van der Waals surface area contributed by atoms with Gasteiger partial charge in [0.15, 0.2) is 6.10 Å². The summed E-state index contributed by atoms with van der Waals surface area (Å²) in [4.78, 5) is 20.9. The van der Waals surface area contributed by atoms with Crippen molar-refractivity contribution >= 4 is 16.9 Å². The fourth-order valence-corrected chi connectivity index (χ4v) is 7.83. The van der Waals surface area contributed by atoms with Gasteiger partial charge in [0, 0.05) is 22.4 Å². The van der Waals surface area contributed by atoms with Gasteiger partial charge in [-0.3, -0.25) is 0 Å². The van der Waals surface area contributed by atoms with Gasteiger partial charge in [0.25, 0.3) is 0 Å². The number of fused-ring (bicyclic) bond motifs is 3. The second kappa shape index (κ2) is 6.15. The lowest BCUT2D eigenvalue weighted by molar-refractivity contribution is -0.0910. The maximum atomic E-state index is 13.2. The van der Waals surface area contributed by atoms with Gasteiger partial charge in [-0.1, -0.05) is 37.3 Å². The zero-order valence-corrected chi connectivity index (χ0v) is 19.6. The highest BCUT2D eigenvalue weighted by Gasteiger charge is 2.70. The normalized spacial score (nSPS) is 31.0. The largest absolute Gasteiger partial charge is 0.483 e. The van der Waals surface area contributed by atoms with Gasteiger partial charge >= 0.3 is 5.97 Å². The summed E-state index contributed by atoms with van der Waals surface area (Å²) in [6.45, 7) is 5.62. The zero-order chi connectivity index (χ0) is 22.7. The number of methoxy groups -OCH3 is 1. The van der Waals surface area contributed by atoms with Gasteiger partial charge < -0.3 is 14.4 Å². The van der Waals surface area contributed by atoms with Crippen molar-refractivity contribution in [1.29, 1.82) is 0 Å². The Kier molecular flexibility index (Phi) is 3.64. The molecule has 3 heterocycles. The lowest BCUT2D eigenvalue weighted by Crippen LogP contribution is -2.68. The number of hydrogen-bond donors (Lipinski definition) is 0. The van der Waals surface area contributed by atoms with Gasteiger partial charge in [0.1, 0.15) is 5.75 Å². The Balaban J connectivity index is 1.61. The van der Waals surface area contributed by atoms with Gasteiger partial charge in [-0.05, 0) is 62.5 Å².